The van der Waals surface area contributed by atoms with Crippen molar-refractivity contribution in [2.75, 3.05) is 20.3 Å². The number of methoxy groups -OCH3 is 1. The molecule has 0 aliphatic rings. The van der Waals surface area contributed by atoms with Gasteiger partial charge in [-0.25, -0.2) is 0 Å². The molecule has 0 bridgehead atoms. The highest BCUT2D eigenvalue weighted by Crippen LogP contribution is 2.40. The van der Waals surface area contributed by atoms with E-state index in [2.05, 4.69) is 20.8 Å². The number of ether oxygens (including phenoxy) is 2. The minimum absolute atomic E-state index is 0.0370. The molecule has 160 valence electrons. The normalized spacial score (nSPS) is 14.9. The highest BCUT2D eigenvalue weighted by Gasteiger charge is 2.38. The van der Waals surface area contributed by atoms with Crippen molar-refractivity contribution in [2.24, 2.45) is 11.3 Å². The Morgan fingerprint density at radius 1 is 0.966 bits per heavy atom. The van der Waals surface area contributed by atoms with E-state index in [1.54, 1.807) is 49.6 Å². The van der Waals surface area contributed by atoms with Crippen LogP contribution in [-0.4, -0.2) is 30.5 Å². The van der Waals surface area contributed by atoms with Crippen molar-refractivity contribution in [1.29, 1.82) is 0 Å². The standard InChI is InChI=1S/C23H30Cl2O4/c1-22(2,3)17(11-12-26)14-23(27,16-5-10-20(24)21(25)13-16)15-29-19-8-6-18(28-4)7-9-19/h5-10,13,17,26-27H,11-12,14-15H2,1-4H3. The van der Waals surface area contributed by atoms with E-state index in [0.29, 0.717) is 34.2 Å². The zero-order valence-corrected chi connectivity index (χ0v) is 18.9. The third-order valence-corrected chi connectivity index (χ3v) is 6.02. The molecule has 0 heterocycles. The van der Waals surface area contributed by atoms with Gasteiger partial charge in [0.15, 0.2) is 0 Å². The van der Waals surface area contributed by atoms with Crippen molar-refractivity contribution in [1.82, 2.24) is 0 Å². The highest BCUT2D eigenvalue weighted by molar-refractivity contribution is 6.42. The van der Waals surface area contributed by atoms with Crippen LogP contribution in [0.2, 0.25) is 10.0 Å². The monoisotopic (exact) mass is 440 g/mol. The first-order chi connectivity index (χ1) is 13.6. The Bertz CT molecular complexity index is 786. The minimum Gasteiger partial charge on any atom is -0.497 e. The van der Waals surface area contributed by atoms with Crippen LogP contribution in [0.3, 0.4) is 0 Å². The lowest BCUT2D eigenvalue weighted by Gasteiger charge is -2.38. The van der Waals surface area contributed by atoms with Gasteiger partial charge >= 0.3 is 0 Å². The van der Waals surface area contributed by atoms with Gasteiger partial charge in [-0.15, -0.1) is 0 Å². The molecule has 0 aliphatic carbocycles. The molecular weight excluding hydrogens is 411 g/mol. The summed E-state index contributed by atoms with van der Waals surface area (Å²) in [6.45, 7) is 6.40. The molecule has 0 radical (unpaired) electrons. The summed E-state index contributed by atoms with van der Waals surface area (Å²) in [5, 5.41) is 22.0. The molecule has 0 aromatic heterocycles. The van der Waals surface area contributed by atoms with Gasteiger partial charge in [-0.1, -0.05) is 50.0 Å². The minimum atomic E-state index is -1.30. The fraction of sp³-hybridized carbons (Fsp3) is 0.478. The fourth-order valence-corrected chi connectivity index (χ4v) is 3.62. The van der Waals surface area contributed by atoms with E-state index in [1.165, 1.54) is 0 Å². The van der Waals surface area contributed by atoms with E-state index in [9.17, 15) is 10.2 Å². The molecule has 2 aromatic carbocycles. The first-order valence-electron chi connectivity index (χ1n) is 9.64. The highest BCUT2D eigenvalue weighted by atomic mass is 35.5. The molecule has 2 aromatic rings. The molecule has 2 rings (SSSR count). The predicted molar refractivity (Wildman–Crippen MR) is 118 cm³/mol. The number of aliphatic hydroxyl groups excluding tert-OH is 1. The van der Waals surface area contributed by atoms with Crippen LogP contribution in [0.1, 0.15) is 39.2 Å². The molecule has 4 nitrogen and oxygen atoms in total. The van der Waals surface area contributed by atoms with E-state index >= 15 is 0 Å². The summed E-state index contributed by atoms with van der Waals surface area (Å²) >= 11 is 12.3. The predicted octanol–water partition coefficient (Wildman–Crippen LogP) is 5.70. The second-order valence-electron chi connectivity index (χ2n) is 8.40. The Kier molecular flexibility index (Phi) is 8.24. The van der Waals surface area contributed by atoms with E-state index in [4.69, 9.17) is 32.7 Å². The van der Waals surface area contributed by atoms with Gasteiger partial charge in [0.05, 0.1) is 17.2 Å². The summed E-state index contributed by atoms with van der Waals surface area (Å²) in [6.07, 6.45) is 0.987. The molecular formula is C23H30Cl2O4. The number of aliphatic hydroxyl groups is 2. The molecule has 0 saturated heterocycles. The average Bonchev–Trinajstić information content (AvgIpc) is 2.68. The van der Waals surface area contributed by atoms with Gasteiger partial charge in [0, 0.05) is 6.61 Å². The van der Waals surface area contributed by atoms with Gasteiger partial charge in [0.25, 0.3) is 0 Å². The third-order valence-electron chi connectivity index (χ3n) is 5.28. The molecule has 0 saturated carbocycles. The van der Waals surface area contributed by atoms with Gasteiger partial charge in [0.2, 0.25) is 0 Å². The van der Waals surface area contributed by atoms with Crippen molar-refractivity contribution in [3.8, 4) is 11.5 Å². The number of hydrogen-bond donors (Lipinski definition) is 2. The molecule has 0 fully saturated rings. The van der Waals surface area contributed by atoms with E-state index < -0.39 is 5.60 Å². The van der Waals surface area contributed by atoms with Crippen molar-refractivity contribution < 1.29 is 19.7 Å². The summed E-state index contributed by atoms with van der Waals surface area (Å²) in [5.74, 6) is 1.41. The molecule has 29 heavy (non-hydrogen) atoms. The lowest BCUT2D eigenvalue weighted by Crippen LogP contribution is -2.39. The maximum absolute atomic E-state index is 11.7. The topological polar surface area (TPSA) is 58.9 Å². The Balaban J connectivity index is 2.33. The number of hydrogen-bond acceptors (Lipinski definition) is 4. The molecule has 2 unspecified atom stereocenters. The smallest absolute Gasteiger partial charge is 0.124 e. The number of rotatable bonds is 9. The van der Waals surface area contributed by atoms with E-state index in [-0.39, 0.29) is 24.5 Å². The van der Waals surface area contributed by atoms with Gasteiger partial charge in [-0.3, -0.25) is 0 Å². The van der Waals surface area contributed by atoms with Gasteiger partial charge < -0.3 is 19.7 Å². The van der Waals surface area contributed by atoms with E-state index in [0.717, 1.165) is 5.75 Å². The van der Waals surface area contributed by atoms with Crippen LogP contribution >= 0.6 is 23.2 Å². The first kappa shape index (κ1) is 23.8. The zero-order valence-electron chi connectivity index (χ0n) is 17.4. The van der Waals surface area contributed by atoms with Crippen LogP contribution in [0.25, 0.3) is 0 Å². The van der Waals surface area contributed by atoms with Crippen LogP contribution in [0.15, 0.2) is 42.5 Å². The molecule has 2 N–H and O–H groups in total. The maximum Gasteiger partial charge on any atom is 0.124 e. The second-order valence-corrected chi connectivity index (χ2v) is 9.22. The molecule has 0 aliphatic heterocycles. The van der Waals surface area contributed by atoms with Crippen LogP contribution in [0.5, 0.6) is 11.5 Å². The summed E-state index contributed by atoms with van der Waals surface area (Å²) in [7, 11) is 1.60. The fourth-order valence-electron chi connectivity index (χ4n) is 3.33. The largest absolute Gasteiger partial charge is 0.497 e. The Hall–Kier alpha value is -1.46. The summed E-state index contributed by atoms with van der Waals surface area (Å²) in [4.78, 5) is 0. The van der Waals surface area contributed by atoms with Crippen molar-refractivity contribution in [3.05, 3.63) is 58.1 Å². The molecule has 6 heteroatoms. The lowest BCUT2D eigenvalue weighted by atomic mass is 9.71. The maximum atomic E-state index is 11.7. The number of benzene rings is 2. The zero-order chi connectivity index (χ0) is 21.7. The second kappa shape index (κ2) is 10.0. The molecule has 2 atom stereocenters. The quantitative estimate of drug-likeness (QED) is 0.524. The van der Waals surface area contributed by atoms with Crippen molar-refractivity contribution in [2.45, 2.75) is 39.2 Å². The molecule has 0 spiro atoms. The molecule has 0 amide bonds. The van der Waals surface area contributed by atoms with Crippen LogP contribution in [0, 0.1) is 11.3 Å². The first-order valence-corrected chi connectivity index (χ1v) is 10.4. The van der Waals surface area contributed by atoms with Gasteiger partial charge in [-0.05, 0) is 66.1 Å². The van der Waals surface area contributed by atoms with Gasteiger partial charge in [0.1, 0.15) is 23.7 Å². The Morgan fingerprint density at radius 3 is 2.10 bits per heavy atom. The Labute approximate surface area is 183 Å². The summed E-state index contributed by atoms with van der Waals surface area (Å²) in [6, 6.07) is 12.3. The van der Waals surface area contributed by atoms with E-state index in [1.807, 2.05) is 0 Å². The van der Waals surface area contributed by atoms with Crippen molar-refractivity contribution in [3.63, 3.8) is 0 Å². The van der Waals surface area contributed by atoms with Crippen molar-refractivity contribution >= 4 is 23.2 Å². The summed E-state index contributed by atoms with van der Waals surface area (Å²) in [5.41, 5.74) is -0.776. The SMILES string of the molecule is COc1ccc(OCC(O)(CC(CCO)C(C)(C)C)c2ccc(Cl)c(Cl)c2)cc1. The Morgan fingerprint density at radius 2 is 1.59 bits per heavy atom. The van der Waals surface area contributed by atoms with Gasteiger partial charge in [-0.2, -0.15) is 0 Å². The van der Waals surface area contributed by atoms with Crippen LogP contribution in [-0.2, 0) is 5.60 Å². The van der Waals surface area contributed by atoms with Crippen LogP contribution in [0.4, 0.5) is 0 Å². The number of halogens is 2. The lowest BCUT2D eigenvalue weighted by molar-refractivity contribution is -0.0465. The average molecular weight is 441 g/mol. The third kappa shape index (κ3) is 6.51. The summed E-state index contributed by atoms with van der Waals surface area (Å²) < 4.78 is 11.1. The van der Waals surface area contributed by atoms with Crippen LogP contribution < -0.4 is 9.47 Å².